The van der Waals surface area contributed by atoms with Crippen LogP contribution in [0, 0.1) is 11.8 Å². The van der Waals surface area contributed by atoms with Crippen LogP contribution in [0.15, 0.2) is 72.8 Å². The van der Waals surface area contributed by atoms with E-state index < -0.39 is 41.5 Å². The predicted molar refractivity (Wildman–Crippen MR) is 159 cm³/mol. The molecule has 2 aliphatic heterocycles. The van der Waals surface area contributed by atoms with Crippen molar-refractivity contribution >= 4 is 23.8 Å². The van der Waals surface area contributed by atoms with Crippen molar-refractivity contribution in [1.29, 1.82) is 0 Å². The molecule has 2 heterocycles. The molecular weight excluding hydrogens is 609 g/mol. The summed E-state index contributed by atoms with van der Waals surface area (Å²) < 4.78 is 48.0. The first-order valence-corrected chi connectivity index (χ1v) is 14.2. The Morgan fingerprint density at radius 1 is 0.935 bits per heavy atom. The number of carbonyl (C=O) groups excluding carboxylic acids is 3. The maximum Gasteiger partial charge on any atom is 0.490 e. The number of amides is 2. The van der Waals surface area contributed by atoms with Gasteiger partial charge in [0.05, 0.1) is 33.2 Å². The number of carboxylic acid groups (broad SMARTS) is 1. The summed E-state index contributed by atoms with van der Waals surface area (Å²) in [5, 5.41) is 10.6. The Hall–Kier alpha value is -4.91. The highest BCUT2D eigenvalue weighted by Gasteiger charge is 2.68. The number of likely N-dealkylation sites (tertiary alicyclic amines) is 1. The van der Waals surface area contributed by atoms with Gasteiger partial charge in [-0.05, 0) is 41.8 Å². The van der Waals surface area contributed by atoms with E-state index in [0.717, 1.165) is 28.0 Å². The van der Waals surface area contributed by atoms with Gasteiger partial charge in [0.15, 0.2) is 0 Å². The number of imide groups is 1. The van der Waals surface area contributed by atoms with Crippen LogP contribution in [0.1, 0.15) is 24.1 Å². The Morgan fingerprint density at radius 3 is 2.09 bits per heavy atom. The number of esters is 1. The van der Waals surface area contributed by atoms with Crippen LogP contribution in [-0.2, 0) is 30.3 Å². The molecule has 0 saturated carbocycles. The highest BCUT2D eigenvalue weighted by molar-refractivity contribution is 6.09. The number of hydrogen-bond acceptors (Lipinski definition) is 8. The van der Waals surface area contributed by atoms with E-state index in [1.54, 1.807) is 21.1 Å². The minimum atomic E-state index is -5.08. The number of methoxy groups -OCH3 is 3. The van der Waals surface area contributed by atoms with Crippen LogP contribution in [0.4, 0.5) is 13.2 Å². The smallest absolute Gasteiger partial charge is 0.490 e. The van der Waals surface area contributed by atoms with E-state index in [2.05, 4.69) is 5.32 Å². The van der Waals surface area contributed by atoms with E-state index in [1.165, 1.54) is 12.0 Å². The van der Waals surface area contributed by atoms with Crippen LogP contribution in [-0.4, -0.2) is 73.3 Å². The van der Waals surface area contributed by atoms with E-state index in [1.807, 2.05) is 72.8 Å². The lowest BCUT2D eigenvalue weighted by molar-refractivity contribution is -0.192. The number of carboxylic acids is 1. The number of carbonyl (C=O) groups is 4. The van der Waals surface area contributed by atoms with Gasteiger partial charge in [-0.2, -0.15) is 13.2 Å². The van der Waals surface area contributed by atoms with Gasteiger partial charge in [-0.15, -0.1) is 0 Å². The van der Waals surface area contributed by atoms with Gasteiger partial charge in [0.25, 0.3) is 0 Å². The van der Waals surface area contributed by atoms with Crippen molar-refractivity contribution in [3.63, 3.8) is 0 Å². The number of hydrogen-bond donors (Lipinski definition) is 2. The second-order valence-corrected chi connectivity index (χ2v) is 10.7. The van der Waals surface area contributed by atoms with E-state index in [9.17, 15) is 27.6 Å². The summed E-state index contributed by atoms with van der Waals surface area (Å²) >= 11 is 0. The minimum absolute atomic E-state index is 0.204. The summed E-state index contributed by atoms with van der Waals surface area (Å²) in [5.74, 6) is -4.28. The lowest BCUT2D eigenvalue weighted by Crippen LogP contribution is -2.57. The number of alkyl halides is 3. The third kappa shape index (κ3) is 6.41. The zero-order valence-corrected chi connectivity index (χ0v) is 25.5. The molecule has 0 radical (unpaired) electrons. The first kappa shape index (κ1) is 34.0. The van der Waals surface area contributed by atoms with Crippen LogP contribution < -0.4 is 14.8 Å². The molecule has 0 aromatic heterocycles. The quantitative estimate of drug-likeness (QED) is 0.271. The molecule has 0 unspecified atom stereocenters. The Labute approximate surface area is 263 Å². The average Bonchev–Trinajstić information content (AvgIpc) is 3.53. The van der Waals surface area contributed by atoms with Gasteiger partial charge in [-0.1, -0.05) is 54.6 Å². The largest absolute Gasteiger partial charge is 0.497 e. The van der Waals surface area contributed by atoms with Crippen LogP contribution in [0.5, 0.6) is 11.5 Å². The summed E-state index contributed by atoms with van der Waals surface area (Å²) in [5.41, 5.74) is 2.00. The normalized spacial score (nSPS) is 22.1. The van der Waals surface area contributed by atoms with Crippen molar-refractivity contribution < 1.29 is 51.7 Å². The monoisotopic (exact) mass is 642 g/mol. The second kappa shape index (κ2) is 13.6. The van der Waals surface area contributed by atoms with Gasteiger partial charge in [0.1, 0.15) is 17.0 Å². The predicted octanol–water partition coefficient (Wildman–Crippen LogP) is 4.42. The van der Waals surface area contributed by atoms with Crippen molar-refractivity contribution in [3.8, 4) is 22.6 Å². The third-order valence-corrected chi connectivity index (χ3v) is 8.17. The standard InChI is InChI=1S/C31H32N2O6.C2HF3O2/c1-5-33-28(34)25-26(29(33)35)31(30(36)39-4,18-19-9-7-6-8-10-19)32-27(25)21-13-16-23(24(17-21)38-3)20-11-14-22(37-2)15-12-20;3-2(4,5)1(6)7/h6-17,25-27,32H,5,18H2,1-4H3;(H,6,7)/t25-,26-,27-,31-;/m1./s1. The molecule has 0 bridgehead atoms. The van der Waals surface area contributed by atoms with Crippen molar-refractivity contribution in [3.05, 3.63) is 83.9 Å². The van der Waals surface area contributed by atoms with Crippen molar-refractivity contribution in [2.45, 2.75) is 31.1 Å². The molecule has 2 amide bonds. The number of nitrogens with zero attached hydrogens (tertiary/aromatic N) is 1. The minimum Gasteiger partial charge on any atom is -0.497 e. The molecule has 244 valence electrons. The van der Waals surface area contributed by atoms with Gasteiger partial charge in [-0.3, -0.25) is 24.6 Å². The topological polar surface area (TPSA) is 131 Å². The number of ether oxygens (including phenoxy) is 3. The molecule has 3 aromatic carbocycles. The zero-order chi connectivity index (χ0) is 33.8. The molecule has 2 N–H and O–H groups in total. The first-order valence-electron chi connectivity index (χ1n) is 14.2. The van der Waals surface area contributed by atoms with Crippen LogP contribution in [0.3, 0.4) is 0 Å². The molecule has 46 heavy (non-hydrogen) atoms. The van der Waals surface area contributed by atoms with E-state index in [0.29, 0.717) is 5.75 Å². The Balaban J connectivity index is 0.000000617. The molecule has 3 aromatic rings. The number of rotatable bonds is 8. The van der Waals surface area contributed by atoms with E-state index in [-0.39, 0.29) is 24.8 Å². The molecule has 2 fully saturated rings. The van der Waals surface area contributed by atoms with Gasteiger partial charge < -0.3 is 19.3 Å². The molecule has 2 saturated heterocycles. The van der Waals surface area contributed by atoms with Crippen LogP contribution >= 0.6 is 0 Å². The number of aliphatic carboxylic acids is 1. The molecule has 0 aliphatic carbocycles. The number of benzene rings is 3. The Kier molecular flexibility index (Phi) is 10.1. The fraction of sp³-hybridized carbons (Fsp3) is 0.333. The van der Waals surface area contributed by atoms with Gasteiger partial charge in [-0.25, -0.2) is 4.79 Å². The second-order valence-electron chi connectivity index (χ2n) is 10.7. The summed E-state index contributed by atoms with van der Waals surface area (Å²) in [7, 11) is 4.52. The molecule has 5 rings (SSSR count). The first-order chi connectivity index (χ1) is 21.8. The highest BCUT2D eigenvalue weighted by atomic mass is 19.4. The molecule has 13 heteroatoms. The zero-order valence-electron chi connectivity index (χ0n) is 25.5. The van der Waals surface area contributed by atoms with Crippen LogP contribution in [0.2, 0.25) is 0 Å². The number of halogens is 3. The molecule has 10 nitrogen and oxygen atoms in total. The summed E-state index contributed by atoms with van der Waals surface area (Å²) in [6.07, 6.45) is -4.88. The maximum atomic E-state index is 13.7. The van der Waals surface area contributed by atoms with E-state index in [4.69, 9.17) is 24.1 Å². The summed E-state index contributed by atoms with van der Waals surface area (Å²) in [4.78, 5) is 51.0. The molecule has 4 atom stereocenters. The summed E-state index contributed by atoms with van der Waals surface area (Å²) in [6.45, 7) is 2.00. The third-order valence-electron chi connectivity index (χ3n) is 8.17. The van der Waals surface area contributed by atoms with Crippen molar-refractivity contribution in [1.82, 2.24) is 10.2 Å². The number of fused-ring (bicyclic) bond motifs is 1. The Morgan fingerprint density at radius 2 is 1.57 bits per heavy atom. The Bertz CT molecular complexity index is 1600. The number of nitrogens with one attached hydrogen (secondary N) is 1. The van der Waals surface area contributed by atoms with Gasteiger partial charge >= 0.3 is 18.1 Å². The fourth-order valence-corrected chi connectivity index (χ4v) is 6.09. The van der Waals surface area contributed by atoms with E-state index >= 15 is 0 Å². The molecule has 0 spiro atoms. The average molecular weight is 643 g/mol. The van der Waals surface area contributed by atoms with Crippen LogP contribution in [0.25, 0.3) is 11.1 Å². The highest BCUT2D eigenvalue weighted by Crippen LogP contribution is 2.51. The molecule has 2 aliphatic rings. The maximum absolute atomic E-state index is 13.7. The molecular formula is C33H33F3N2O8. The SMILES string of the molecule is CCN1C(=O)[C@H]2[C@@H](c3ccc(-c4ccc(OC)cc4)c(OC)c3)N[C@@](Cc3ccccc3)(C(=O)OC)[C@H]2C1=O.O=C(O)C(F)(F)F. The van der Waals surface area contributed by atoms with Crippen molar-refractivity contribution in [2.75, 3.05) is 27.9 Å². The lowest BCUT2D eigenvalue weighted by Gasteiger charge is -2.32. The van der Waals surface area contributed by atoms with Gasteiger partial charge in [0, 0.05) is 24.6 Å². The lowest BCUT2D eigenvalue weighted by atomic mass is 9.76. The fourth-order valence-electron chi connectivity index (χ4n) is 6.09. The summed E-state index contributed by atoms with van der Waals surface area (Å²) in [6, 6.07) is 22.2. The van der Waals surface area contributed by atoms with Gasteiger partial charge in [0.2, 0.25) is 11.8 Å². The van der Waals surface area contributed by atoms with Crippen molar-refractivity contribution in [2.24, 2.45) is 11.8 Å².